The number of aromatic hydroxyl groups is 1. The number of halogens is 2. The molecule has 4 aromatic rings. The van der Waals surface area contributed by atoms with Gasteiger partial charge in [-0.15, -0.1) is 6.42 Å². The number of aliphatic hydroxyl groups is 1. The second-order valence-corrected chi connectivity index (χ2v) is 12.1. The summed E-state index contributed by atoms with van der Waals surface area (Å²) in [6.45, 7) is 6.96. The lowest BCUT2D eigenvalue weighted by molar-refractivity contribution is 0.0688. The fraction of sp³-hybridized carbons (Fsp3) is 0.394. The molecular formula is C33H34F2N4O2. The van der Waals surface area contributed by atoms with Gasteiger partial charge in [-0.3, -0.25) is 4.98 Å². The maximum Gasteiger partial charge on any atom is 0.157 e. The Bertz CT molecular complexity index is 1710. The number of anilines is 1. The predicted molar refractivity (Wildman–Crippen MR) is 158 cm³/mol. The van der Waals surface area contributed by atoms with Gasteiger partial charge in [-0.05, 0) is 82.0 Å². The molecule has 6 nitrogen and oxygen atoms in total. The van der Waals surface area contributed by atoms with Crippen LogP contribution in [0.15, 0.2) is 30.5 Å². The van der Waals surface area contributed by atoms with Crippen molar-refractivity contribution >= 4 is 27.4 Å². The van der Waals surface area contributed by atoms with Crippen LogP contribution in [-0.2, 0) is 6.42 Å². The van der Waals surface area contributed by atoms with Gasteiger partial charge in [0.15, 0.2) is 5.82 Å². The van der Waals surface area contributed by atoms with Crippen LogP contribution in [0.5, 0.6) is 5.75 Å². The Morgan fingerprint density at radius 1 is 1.15 bits per heavy atom. The Morgan fingerprint density at radius 3 is 2.56 bits per heavy atom. The van der Waals surface area contributed by atoms with Crippen molar-refractivity contribution < 1.29 is 19.0 Å². The number of terminal acetylenes is 1. The lowest BCUT2D eigenvalue weighted by atomic mass is 9.94. The summed E-state index contributed by atoms with van der Waals surface area (Å²) in [7, 11) is 0. The Morgan fingerprint density at radius 2 is 1.88 bits per heavy atom. The molecule has 0 amide bonds. The first-order valence-corrected chi connectivity index (χ1v) is 14.2. The zero-order valence-corrected chi connectivity index (χ0v) is 23.6. The molecular weight excluding hydrogens is 522 g/mol. The highest BCUT2D eigenvalue weighted by atomic mass is 19.1. The van der Waals surface area contributed by atoms with Crippen LogP contribution in [-0.4, -0.2) is 51.0 Å². The molecule has 2 fully saturated rings. The van der Waals surface area contributed by atoms with Crippen molar-refractivity contribution in [3.05, 3.63) is 58.9 Å². The second kappa shape index (κ2) is 10.2. The van der Waals surface area contributed by atoms with Gasteiger partial charge in [-0.2, -0.15) is 0 Å². The van der Waals surface area contributed by atoms with Crippen molar-refractivity contribution in [2.75, 3.05) is 18.0 Å². The van der Waals surface area contributed by atoms with Crippen LogP contribution in [0.1, 0.15) is 56.4 Å². The number of benzene rings is 2. The molecule has 0 saturated carbocycles. The van der Waals surface area contributed by atoms with Gasteiger partial charge in [0, 0.05) is 58.8 Å². The molecule has 8 heteroatoms. The number of hydrogen-bond acceptors (Lipinski definition) is 6. The van der Waals surface area contributed by atoms with Crippen LogP contribution in [0.25, 0.3) is 32.8 Å². The number of piperazine rings is 1. The smallest absolute Gasteiger partial charge is 0.157 e. The number of pyridine rings is 2. The van der Waals surface area contributed by atoms with Crippen LogP contribution in [0.3, 0.4) is 0 Å². The van der Waals surface area contributed by atoms with E-state index in [4.69, 9.17) is 11.4 Å². The van der Waals surface area contributed by atoms with Crippen molar-refractivity contribution in [2.24, 2.45) is 0 Å². The quantitative estimate of drug-likeness (QED) is 0.262. The SMILES string of the molecule is C#Cc1c(F)ccc2cc(O)cc(-c3ncc4c(N5CC6CCC(C5)N6)nc(CCCC(C)(C)O)c(C)c4c3F)c12. The first kappa shape index (κ1) is 27.4. The predicted octanol–water partition coefficient (Wildman–Crippen LogP) is 5.76. The summed E-state index contributed by atoms with van der Waals surface area (Å²) in [6.07, 6.45) is 11.4. The molecule has 2 bridgehead atoms. The van der Waals surface area contributed by atoms with Crippen molar-refractivity contribution in [3.8, 4) is 29.4 Å². The minimum absolute atomic E-state index is 0.00506. The third kappa shape index (κ3) is 4.98. The summed E-state index contributed by atoms with van der Waals surface area (Å²) >= 11 is 0. The van der Waals surface area contributed by atoms with E-state index < -0.39 is 17.2 Å². The largest absolute Gasteiger partial charge is 0.508 e. The third-order valence-corrected chi connectivity index (χ3v) is 8.48. The Labute approximate surface area is 238 Å². The third-order valence-electron chi connectivity index (χ3n) is 8.48. The number of hydrogen-bond donors (Lipinski definition) is 3. The number of rotatable bonds is 6. The molecule has 2 aromatic heterocycles. The number of nitrogens with zero attached hydrogens (tertiary/aromatic N) is 3. The summed E-state index contributed by atoms with van der Waals surface area (Å²) in [5, 5.41) is 26.2. The second-order valence-electron chi connectivity index (χ2n) is 12.1. The Balaban J connectivity index is 1.57. The normalized spacial score (nSPS) is 18.8. The van der Waals surface area contributed by atoms with Gasteiger partial charge >= 0.3 is 0 Å². The molecule has 6 rings (SSSR count). The first-order chi connectivity index (χ1) is 19.5. The van der Waals surface area contributed by atoms with E-state index in [0.717, 1.165) is 31.6 Å². The molecule has 41 heavy (non-hydrogen) atoms. The summed E-state index contributed by atoms with van der Waals surface area (Å²) in [6, 6.07) is 6.34. The fourth-order valence-electron chi connectivity index (χ4n) is 6.52. The van der Waals surface area contributed by atoms with Gasteiger partial charge in [-0.1, -0.05) is 12.0 Å². The molecule has 0 spiro atoms. The van der Waals surface area contributed by atoms with Crippen LogP contribution >= 0.6 is 0 Å². The minimum atomic E-state index is -0.811. The highest BCUT2D eigenvalue weighted by Crippen LogP contribution is 2.40. The maximum absolute atomic E-state index is 16.8. The first-order valence-electron chi connectivity index (χ1n) is 14.2. The minimum Gasteiger partial charge on any atom is -0.508 e. The Kier molecular flexibility index (Phi) is 6.83. The summed E-state index contributed by atoms with van der Waals surface area (Å²) in [5.41, 5.74) is 0.876. The average Bonchev–Trinajstić information content (AvgIpc) is 3.26. The zero-order valence-electron chi connectivity index (χ0n) is 23.6. The molecule has 0 aliphatic carbocycles. The van der Waals surface area contributed by atoms with Gasteiger partial charge < -0.3 is 20.4 Å². The summed E-state index contributed by atoms with van der Waals surface area (Å²) in [4.78, 5) is 11.9. The van der Waals surface area contributed by atoms with Crippen LogP contribution in [0.2, 0.25) is 0 Å². The van der Waals surface area contributed by atoms with Gasteiger partial charge in [0.1, 0.15) is 23.1 Å². The highest BCUT2D eigenvalue weighted by molar-refractivity contribution is 6.04. The lowest BCUT2D eigenvalue weighted by Crippen LogP contribution is -2.51. The lowest BCUT2D eigenvalue weighted by Gasteiger charge is -2.35. The number of phenols is 1. The summed E-state index contributed by atoms with van der Waals surface area (Å²) in [5.74, 6) is 1.84. The molecule has 2 unspecified atom stereocenters. The van der Waals surface area contributed by atoms with Gasteiger partial charge in [0.05, 0.1) is 11.2 Å². The van der Waals surface area contributed by atoms with Crippen molar-refractivity contribution in [3.63, 3.8) is 0 Å². The number of aryl methyl sites for hydroxylation is 2. The van der Waals surface area contributed by atoms with Crippen LogP contribution in [0, 0.1) is 30.9 Å². The van der Waals surface area contributed by atoms with Gasteiger partial charge in [0.2, 0.25) is 0 Å². The number of aromatic nitrogens is 2. The molecule has 212 valence electrons. The molecule has 0 radical (unpaired) electrons. The number of phenolic OH excluding ortho intramolecular Hbond substituents is 1. The standard InChI is InChI=1S/C33H34F2N4O2/c1-5-23-26(34)11-8-19-13-22(40)14-24(29(19)23)31-30(35)28-18(2)27(7-6-12-33(3,4)41)38-32(25(28)15-36-31)39-16-20-9-10-21(17-39)37-20/h1,8,11,13-15,20-21,37,40-41H,6-7,9-10,12,16-17H2,2-4H3. The molecule has 2 atom stereocenters. The van der Waals surface area contributed by atoms with E-state index in [1.54, 1.807) is 20.0 Å². The molecule has 4 heterocycles. The average molecular weight is 557 g/mol. The molecule has 2 aromatic carbocycles. The van der Waals surface area contributed by atoms with Crippen molar-refractivity contribution in [1.82, 2.24) is 15.3 Å². The van der Waals surface area contributed by atoms with E-state index >= 15 is 4.39 Å². The van der Waals surface area contributed by atoms with E-state index in [0.29, 0.717) is 64.3 Å². The number of fused-ring (bicyclic) bond motifs is 4. The molecule has 2 aliphatic heterocycles. The topological polar surface area (TPSA) is 81.5 Å². The van der Waals surface area contributed by atoms with Crippen molar-refractivity contribution in [1.29, 1.82) is 0 Å². The van der Waals surface area contributed by atoms with E-state index in [1.165, 1.54) is 24.3 Å². The van der Waals surface area contributed by atoms with E-state index in [-0.39, 0.29) is 22.6 Å². The molecule has 2 saturated heterocycles. The highest BCUT2D eigenvalue weighted by Gasteiger charge is 2.34. The van der Waals surface area contributed by atoms with Crippen LogP contribution < -0.4 is 10.2 Å². The van der Waals surface area contributed by atoms with Crippen molar-refractivity contribution in [2.45, 2.75) is 70.6 Å². The zero-order chi connectivity index (χ0) is 29.1. The van der Waals surface area contributed by atoms with Gasteiger partial charge in [-0.25, -0.2) is 13.8 Å². The molecule has 3 N–H and O–H groups in total. The van der Waals surface area contributed by atoms with E-state index in [1.807, 2.05) is 6.92 Å². The molecule has 2 aliphatic rings. The van der Waals surface area contributed by atoms with Crippen LogP contribution in [0.4, 0.5) is 14.6 Å². The maximum atomic E-state index is 16.8. The summed E-state index contributed by atoms with van der Waals surface area (Å²) < 4.78 is 31.6. The van der Waals surface area contributed by atoms with Gasteiger partial charge in [0.25, 0.3) is 0 Å². The van der Waals surface area contributed by atoms with E-state index in [9.17, 15) is 14.6 Å². The monoisotopic (exact) mass is 556 g/mol. The number of nitrogens with one attached hydrogen (secondary N) is 1. The van der Waals surface area contributed by atoms with E-state index in [2.05, 4.69) is 21.1 Å². The fourth-order valence-corrected chi connectivity index (χ4v) is 6.52. The Hall–Kier alpha value is -3.80.